The Kier molecular flexibility index (Phi) is 6.61. The second kappa shape index (κ2) is 9.33. The van der Waals surface area contributed by atoms with Gasteiger partial charge >= 0.3 is 0 Å². The molecule has 140 valence electrons. The van der Waals surface area contributed by atoms with Gasteiger partial charge in [0.1, 0.15) is 6.61 Å². The van der Waals surface area contributed by atoms with Crippen LogP contribution < -0.4 is 14.8 Å². The summed E-state index contributed by atoms with van der Waals surface area (Å²) in [7, 11) is 0. The van der Waals surface area contributed by atoms with Crippen molar-refractivity contribution in [2.45, 2.75) is 27.0 Å². The van der Waals surface area contributed by atoms with Gasteiger partial charge < -0.3 is 14.8 Å². The lowest BCUT2D eigenvalue weighted by Gasteiger charge is -2.15. The number of halogens is 1. The summed E-state index contributed by atoms with van der Waals surface area (Å²) in [4.78, 5) is 0. The van der Waals surface area contributed by atoms with E-state index in [2.05, 4.69) is 18.3 Å². The summed E-state index contributed by atoms with van der Waals surface area (Å²) < 4.78 is 11.8. The van der Waals surface area contributed by atoms with Gasteiger partial charge in [-0.25, -0.2) is 0 Å². The van der Waals surface area contributed by atoms with Crippen molar-refractivity contribution in [1.82, 2.24) is 0 Å². The number of hydrogen-bond acceptors (Lipinski definition) is 3. The summed E-state index contributed by atoms with van der Waals surface area (Å²) in [6.45, 7) is 5.82. The molecule has 0 bridgehead atoms. The molecular formula is C23H24ClNO2. The Morgan fingerprint density at radius 2 is 1.67 bits per heavy atom. The summed E-state index contributed by atoms with van der Waals surface area (Å²) in [5.74, 6) is 1.51. The molecule has 0 saturated carbocycles. The van der Waals surface area contributed by atoms with E-state index in [1.807, 2.05) is 67.6 Å². The first-order valence-electron chi connectivity index (χ1n) is 9.08. The molecule has 0 aliphatic rings. The number of hydrogen-bond donors (Lipinski definition) is 1. The van der Waals surface area contributed by atoms with Crippen LogP contribution in [0.4, 0.5) is 5.69 Å². The zero-order chi connectivity index (χ0) is 19.1. The average Bonchev–Trinajstić information content (AvgIpc) is 2.69. The minimum atomic E-state index is 0.514. The fourth-order valence-corrected chi connectivity index (χ4v) is 2.94. The maximum atomic E-state index is 6.09. The van der Waals surface area contributed by atoms with Crippen molar-refractivity contribution in [3.8, 4) is 11.5 Å². The molecule has 0 amide bonds. The highest BCUT2D eigenvalue weighted by Crippen LogP contribution is 2.30. The minimum absolute atomic E-state index is 0.514. The number of rotatable bonds is 8. The fraction of sp³-hybridized carbons (Fsp3) is 0.217. The standard InChI is InChI=1S/C23H24ClNO2/c1-3-26-23-13-19(15-25-21-14-20(24)11-9-17(21)2)10-12-22(23)27-16-18-7-5-4-6-8-18/h4-14,25H,3,15-16H2,1-2H3. The van der Waals surface area contributed by atoms with Crippen LogP contribution in [-0.2, 0) is 13.2 Å². The molecule has 0 spiro atoms. The van der Waals surface area contributed by atoms with Gasteiger partial charge in [-0.15, -0.1) is 0 Å². The van der Waals surface area contributed by atoms with Gasteiger partial charge in [0.15, 0.2) is 11.5 Å². The molecule has 0 aliphatic heterocycles. The highest BCUT2D eigenvalue weighted by Gasteiger charge is 2.08. The van der Waals surface area contributed by atoms with Crippen molar-refractivity contribution in [3.05, 3.63) is 88.4 Å². The maximum Gasteiger partial charge on any atom is 0.161 e. The SMILES string of the molecule is CCOc1cc(CNc2cc(Cl)ccc2C)ccc1OCc1ccccc1. The Morgan fingerprint density at radius 1 is 0.852 bits per heavy atom. The number of ether oxygens (including phenoxy) is 2. The highest BCUT2D eigenvalue weighted by molar-refractivity contribution is 6.30. The van der Waals surface area contributed by atoms with Crippen molar-refractivity contribution in [3.63, 3.8) is 0 Å². The van der Waals surface area contributed by atoms with Gasteiger partial charge in [-0.2, -0.15) is 0 Å². The van der Waals surface area contributed by atoms with Crippen LogP contribution in [0.5, 0.6) is 11.5 Å². The van der Waals surface area contributed by atoms with Crippen molar-refractivity contribution in [2.24, 2.45) is 0 Å². The van der Waals surface area contributed by atoms with E-state index in [-0.39, 0.29) is 0 Å². The summed E-state index contributed by atoms with van der Waals surface area (Å²) in [6.07, 6.45) is 0. The Morgan fingerprint density at radius 3 is 2.44 bits per heavy atom. The van der Waals surface area contributed by atoms with Gasteiger partial charge in [0.05, 0.1) is 6.61 Å². The molecule has 0 heterocycles. The molecule has 4 heteroatoms. The first-order chi connectivity index (χ1) is 13.2. The monoisotopic (exact) mass is 381 g/mol. The van der Waals surface area contributed by atoms with E-state index < -0.39 is 0 Å². The summed E-state index contributed by atoms with van der Waals surface area (Å²) in [5, 5.41) is 4.16. The van der Waals surface area contributed by atoms with Crippen molar-refractivity contribution in [2.75, 3.05) is 11.9 Å². The summed E-state index contributed by atoms with van der Waals surface area (Å²) in [6, 6.07) is 22.0. The summed E-state index contributed by atoms with van der Waals surface area (Å²) >= 11 is 6.09. The summed E-state index contributed by atoms with van der Waals surface area (Å²) in [5.41, 5.74) is 4.43. The average molecular weight is 382 g/mol. The van der Waals surface area contributed by atoms with Crippen molar-refractivity contribution in [1.29, 1.82) is 0 Å². The fourth-order valence-electron chi connectivity index (χ4n) is 2.77. The number of benzene rings is 3. The van der Waals surface area contributed by atoms with Crippen LogP contribution in [0.15, 0.2) is 66.7 Å². The van der Waals surface area contributed by atoms with Gasteiger partial charge in [-0.1, -0.05) is 54.1 Å². The Hall–Kier alpha value is -2.65. The van der Waals surface area contributed by atoms with Crippen LogP contribution in [0.25, 0.3) is 0 Å². The van der Waals surface area contributed by atoms with Crippen molar-refractivity contribution >= 4 is 17.3 Å². The van der Waals surface area contributed by atoms with Crippen LogP contribution in [0.1, 0.15) is 23.6 Å². The van der Waals surface area contributed by atoms with Crippen LogP contribution in [0, 0.1) is 6.92 Å². The first kappa shape index (κ1) is 19.1. The van der Waals surface area contributed by atoms with E-state index in [0.717, 1.165) is 38.9 Å². The largest absolute Gasteiger partial charge is 0.490 e. The van der Waals surface area contributed by atoms with Crippen LogP contribution in [0.2, 0.25) is 5.02 Å². The van der Waals surface area contributed by atoms with E-state index in [9.17, 15) is 0 Å². The normalized spacial score (nSPS) is 10.5. The lowest BCUT2D eigenvalue weighted by atomic mass is 10.1. The third kappa shape index (κ3) is 5.41. The Bertz CT molecular complexity index is 881. The lowest BCUT2D eigenvalue weighted by molar-refractivity contribution is 0.269. The molecule has 27 heavy (non-hydrogen) atoms. The number of nitrogens with one attached hydrogen (secondary N) is 1. The third-order valence-corrected chi connectivity index (χ3v) is 4.46. The zero-order valence-electron chi connectivity index (χ0n) is 15.7. The molecule has 0 unspecified atom stereocenters. The number of anilines is 1. The molecule has 3 aromatic carbocycles. The van der Waals surface area contributed by atoms with E-state index in [1.54, 1.807) is 0 Å². The Labute approximate surface area is 165 Å². The smallest absolute Gasteiger partial charge is 0.161 e. The van der Waals surface area contributed by atoms with Crippen molar-refractivity contribution < 1.29 is 9.47 Å². The Balaban J connectivity index is 1.69. The second-order valence-corrected chi connectivity index (χ2v) is 6.74. The molecule has 0 saturated heterocycles. The molecule has 0 atom stereocenters. The van der Waals surface area contributed by atoms with Gasteiger partial charge in [0.2, 0.25) is 0 Å². The quantitative estimate of drug-likeness (QED) is 0.501. The number of aryl methyl sites for hydroxylation is 1. The molecule has 1 N–H and O–H groups in total. The lowest BCUT2D eigenvalue weighted by Crippen LogP contribution is -2.04. The molecular weight excluding hydrogens is 358 g/mol. The third-order valence-electron chi connectivity index (χ3n) is 4.23. The predicted molar refractivity (Wildman–Crippen MR) is 112 cm³/mol. The highest BCUT2D eigenvalue weighted by atomic mass is 35.5. The second-order valence-electron chi connectivity index (χ2n) is 6.30. The predicted octanol–water partition coefficient (Wildman–Crippen LogP) is 6.24. The molecule has 3 nitrogen and oxygen atoms in total. The molecule has 0 aromatic heterocycles. The van der Waals surface area contributed by atoms with E-state index in [4.69, 9.17) is 21.1 Å². The van der Waals surface area contributed by atoms with E-state index in [1.165, 1.54) is 0 Å². The maximum absolute atomic E-state index is 6.09. The zero-order valence-corrected chi connectivity index (χ0v) is 16.4. The van der Waals surface area contributed by atoms with E-state index >= 15 is 0 Å². The van der Waals surface area contributed by atoms with Crippen LogP contribution in [-0.4, -0.2) is 6.61 Å². The van der Waals surface area contributed by atoms with Gasteiger partial charge in [-0.3, -0.25) is 0 Å². The molecule has 0 fully saturated rings. The van der Waals surface area contributed by atoms with E-state index in [0.29, 0.717) is 19.8 Å². The van der Waals surface area contributed by atoms with Crippen LogP contribution >= 0.6 is 11.6 Å². The van der Waals surface area contributed by atoms with Crippen LogP contribution in [0.3, 0.4) is 0 Å². The topological polar surface area (TPSA) is 30.5 Å². The van der Waals surface area contributed by atoms with Gasteiger partial charge in [0, 0.05) is 17.3 Å². The molecule has 3 aromatic rings. The molecule has 0 radical (unpaired) electrons. The first-order valence-corrected chi connectivity index (χ1v) is 9.46. The molecule has 3 rings (SSSR count). The van der Waals surface area contributed by atoms with Gasteiger partial charge in [0.25, 0.3) is 0 Å². The van der Waals surface area contributed by atoms with Gasteiger partial charge in [-0.05, 0) is 54.8 Å². The molecule has 0 aliphatic carbocycles. The minimum Gasteiger partial charge on any atom is -0.490 e.